The molecule has 0 spiro atoms. The van der Waals surface area contributed by atoms with Crippen LogP contribution in [0.15, 0.2) is 0 Å². The van der Waals surface area contributed by atoms with Gasteiger partial charge in [-0.25, -0.2) is 13.4 Å². The molecule has 1 aliphatic rings. The predicted octanol–water partition coefficient (Wildman–Crippen LogP) is -0.469. The van der Waals surface area contributed by atoms with Crippen molar-refractivity contribution in [1.82, 2.24) is 20.1 Å². The minimum atomic E-state index is -2.92. The zero-order valence-corrected chi connectivity index (χ0v) is 11.4. The molecular weight excluding hydrogens is 256 g/mol. The Kier molecular flexibility index (Phi) is 3.98. The third-order valence-corrected chi connectivity index (χ3v) is 3.76. The SMILES string of the molecule is Cc1nc([C@@H]2CN(CCS(C)(=O)=O)CCO2)n[nH]1. The fourth-order valence-electron chi connectivity index (χ4n) is 1.86. The number of morpholine rings is 1. The number of H-pyrrole nitrogens is 1. The van der Waals surface area contributed by atoms with Crippen LogP contribution in [0.3, 0.4) is 0 Å². The lowest BCUT2D eigenvalue weighted by atomic mass is 10.2. The lowest BCUT2D eigenvalue weighted by molar-refractivity contribution is -0.0321. The normalized spacial score (nSPS) is 22.2. The van der Waals surface area contributed by atoms with E-state index in [9.17, 15) is 8.42 Å². The number of hydrogen-bond acceptors (Lipinski definition) is 6. The Labute approximate surface area is 106 Å². The van der Waals surface area contributed by atoms with Gasteiger partial charge in [0.1, 0.15) is 21.8 Å². The highest BCUT2D eigenvalue weighted by molar-refractivity contribution is 7.90. The number of nitrogens with zero attached hydrogens (tertiary/aromatic N) is 3. The molecule has 1 atom stereocenters. The molecule has 0 unspecified atom stereocenters. The smallest absolute Gasteiger partial charge is 0.180 e. The molecule has 102 valence electrons. The van der Waals surface area contributed by atoms with Crippen molar-refractivity contribution in [3.8, 4) is 0 Å². The number of sulfone groups is 1. The topological polar surface area (TPSA) is 88.2 Å². The summed E-state index contributed by atoms with van der Waals surface area (Å²) in [5.41, 5.74) is 0. The van der Waals surface area contributed by atoms with E-state index in [1.54, 1.807) is 0 Å². The third-order valence-electron chi connectivity index (χ3n) is 2.83. The first kappa shape index (κ1) is 13.4. The van der Waals surface area contributed by atoms with E-state index in [2.05, 4.69) is 20.1 Å². The van der Waals surface area contributed by atoms with Gasteiger partial charge in [0.25, 0.3) is 0 Å². The summed E-state index contributed by atoms with van der Waals surface area (Å²) in [4.78, 5) is 6.31. The fraction of sp³-hybridized carbons (Fsp3) is 0.800. The lowest BCUT2D eigenvalue weighted by Crippen LogP contribution is -2.41. The Hall–Kier alpha value is -0.990. The summed E-state index contributed by atoms with van der Waals surface area (Å²) in [6.07, 6.45) is 1.08. The standard InChI is InChI=1S/C10H18N4O3S/c1-8-11-10(13-12-8)9-7-14(3-5-17-9)4-6-18(2,15)16/h9H,3-7H2,1-2H3,(H,11,12,13)/t9-/m0/s1. The van der Waals surface area contributed by atoms with Crippen molar-refractivity contribution in [2.45, 2.75) is 13.0 Å². The minimum Gasteiger partial charge on any atom is -0.367 e. The van der Waals surface area contributed by atoms with Crippen LogP contribution in [0.4, 0.5) is 0 Å². The van der Waals surface area contributed by atoms with Crippen molar-refractivity contribution in [2.75, 3.05) is 38.2 Å². The zero-order valence-electron chi connectivity index (χ0n) is 10.6. The summed E-state index contributed by atoms with van der Waals surface area (Å²) in [5.74, 6) is 1.56. The van der Waals surface area contributed by atoms with E-state index in [0.717, 1.165) is 12.4 Å². The van der Waals surface area contributed by atoms with E-state index < -0.39 is 9.84 Å². The first-order valence-corrected chi connectivity index (χ1v) is 7.91. The summed E-state index contributed by atoms with van der Waals surface area (Å²) < 4.78 is 27.9. The summed E-state index contributed by atoms with van der Waals surface area (Å²) in [5, 5.41) is 6.86. The van der Waals surface area contributed by atoms with E-state index in [1.165, 1.54) is 6.26 Å². The van der Waals surface area contributed by atoms with Crippen molar-refractivity contribution >= 4 is 9.84 Å². The molecule has 0 radical (unpaired) electrons. The molecule has 2 rings (SSSR count). The molecule has 0 aliphatic carbocycles. The van der Waals surface area contributed by atoms with E-state index in [1.807, 2.05) is 6.92 Å². The quantitative estimate of drug-likeness (QED) is 0.798. The Morgan fingerprint density at radius 3 is 2.94 bits per heavy atom. The highest BCUT2D eigenvalue weighted by Crippen LogP contribution is 2.18. The van der Waals surface area contributed by atoms with Crippen LogP contribution in [0.5, 0.6) is 0 Å². The number of ether oxygens (including phenoxy) is 1. The maximum atomic E-state index is 11.1. The highest BCUT2D eigenvalue weighted by Gasteiger charge is 2.25. The molecule has 0 bridgehead atoms. The monoisotopic (exact) mass is 274 g/mol. The van der Waals surface area contributed by atoms with Crippen molar-refractivity contribution in [3.05, 3.63) is 11.6 Å². The van der Waals surface area contributed by atoms with Crippen molar-refractivity contribution in [1.29, 1.82) is 0 Å². The van der Waals surface area contributed by atoms with Gasteiger partial charge in [-0.15, -0.1) is 0 Å². The van der Waals surface area contributed by atoms with Crippen LogP contribution >= 0.6 is 0 Å². The summed E-state index contributed by atoms with van der Waals surface area (Å²) in [6.45, 7) is 4.31. The fourth-order valence-corrected chi connectivity index (χ4v) is 2.45. The van der Waals surface area contributed by atoms with Gasteiger partial charge < -0.3 is 4.74 Å². The molecular formula is C10H18N4O3S. The van der Waals surface area contributed by atoms with Gasteiger partial charge in [0.15, 0.2) is 5.82 Å². The number of nitrogens with one attached hydrogen (secondary N) is 1. The number of hydrogen-bond donors (Lipinski definition) is 1. The van der Waals surface area contributed by atoms with Gasteiger partial charge in [-0.1, -0.05) is 0 Å². The van der Waals surface area contributed by atoms with Crippen LogP contribution in [0.25, 0.3) is 0 Å². The average Bonchev–Trinajstić information content (AvgIpc) is 2.73. The Bertz CT molecular complexity index is 499. The molecule has 0 amide bonds. The highest BCUT2D eigenvalue weighted by atomic mass is 32.2. The van der Waals surface area contributed by atoms with Gasteiger partial charge in [0.2, 0.25) is 0 Å². The number of aromatic amines is 1. The largest absolute Gasteiger partial charge is 0.367 e. The van der Waals surface area contributed by atoms with Crippen LogP contribution in [0.1, 0.15) is 17.8 Å². The minimum absolute atomic E-state index is 0.173. The van der Waals surface area contributed by atoms with E-state index in [-0.39, 0.29) is 11.9 Å². The number of aryl methyl sites for hydroxylation is 1. The molecule has 7 nitrogen and oxygen atoms in total. The molecule has 1 aromatic rings. The molecule has 1 aromatic heterocycles. The van der Waals surface area contributed by atoms with Crippen LogP contribution < -0.4 is 0 Å². The zero-order chi connectivity index (χ0) is 13.2. The van der Waals surface area contributed by atoms with Crippen LogP contribution in [-0.4, -0.2) is 66.7 Å². The van der Waals surface area contributed by atoms with Crippen molar-refractivity contribution in [2.24, 2.45) is 0 Å². The Balaban J connectivity index is 1.92. The lowest BCUT2D eigenvalue weighted by Gasteiger charge is -2.31. The van der Waals surface area contributed by atoms with Crippen LogP contribution in [0, 0.1) is 6.92 Å². The average molecular weight is 274 g/mol. The molecule has 0 saturated carbocycles. The maximum Gasteiger partial charge on any atom is 0.180 e. The molecule has 0 aromatic carbocycles. The van der Waals surface area contributed by atoms with Crippen molar-refractivity contribution in [3.63, 3.8) is 0 Å². The van der Waals surface area contributed by atoms with Crippen molar-refractivity contribution < 1.29 is 13.2 Å². The van der Waals surface area contributed by atoms with Gasteiger partial charge in [0.05, 0.1) is 12.4 Å². The van der Waals surface area contributed by atoms with Gasteiger partial charge in [-0.2, -0.15) is 5.10 Å². The van der Waals surface area contributed by atoms with E-state index in [4.69, 9.17) is 4.74 Å². The molecule has 2 heterocycles. The first-order valence-electron chi connectivity index (χ1n) is 5.84. The Morgan fingerprint density at radius 1 is 1.56 bits per heavy atom. The summed E-state index contributed by atoms with van der Waals surface area (Å²) >= 11 is 0. The second kappa shape index (κ2) is 5.33. The molecule has 1 saturated heterocycles. The predicted molar refractivity (Wildman–Crippen MR) is 66.0 cm³/mol. The van der Waals surface area contributed by atoms with Gasteiger partial charge in [-0.05, 0) is 6.92 Å². The van der Waals surface area contributed by atoms with Crippen LogP contribution in [-0.2, 0) is 14.6 Å². The molecule has 1 fully saturated rings. The summed E-state index contributed by atoms with van der Waals surface area (Å²) in [6, 6.07) is 0. The molecule has 18 heavy (non-hydrogen) atoms. The molecule has 1 N–H and O–H groups in total. The number of aromatic nitrogens is 3. The molecule has 1 aliphatic heterocycles. The van der Waals surface area contributed by atoms with Gasteiger partial charge in [-0.3, -0.25) is 10.00 Å². The summed E-state index contributed by atoms with van der Waals surface area (Å²) in [7, 11) is -2.92. The van der Waals surface area contributed by atoms with E-state index in [0.29, 0.717) is 25.5 Å². The second-order valence-electron chi connectivity index (χ2n) is 4.57. The van der Waals surface area contributed by atoms with Gasteiger partial charge >= 0.3 is 0 Å². The van der Waals surface area contributed by atoms with E-state index >= 15 is 0 Å². The third kappa shape index (κ3) is 3.76. The second-order valence-corrected chi connectivity index (χ2v) is 6.83. The maximum absolute atomic E-state index is 11.1. The number of rotatable bonds is 4. The first-order chi connectivity index (χ1) is 8.44. The van der Waals surface area contributed by atoms with Crippen LogP contribution in [0.2, 0.25) is 0 Å². The van der Waals surface area contributed by atoms with Gasteiger partial charge in [0, 0.05) is 25.9 Å². The Morgan fingerprint density at radius 2 is 2.33 bits per heavy atom. The molecule has 8 heteroatoms.